The summed E-state index contributed by atoms with van der Waals surface area (Å²) in [6, 6.07) is 11.1. The van der Waals surface area contributed by atoms with Gasteiger partial charge in [-0.3, -0.25) is 4.98 Å². The van der Waals surface area contributed by atoms with Gasteiger partial charge in [-0.1, -0.05) is 0 Å². The van der Waals surface area contributed by atoms with Crippen LogP contribution in [0.1, 0.15) is 5.69 Å². The number of hydrogen-bond donors (Lipinski definition) is 1. The van der Waals surface area contributed by atoms with E-state index >= 15 is 0 Å². The van der Waals surface area contributed by atoms with Crippen LogP contribution in [0.2, 0.25) is 0 Å². The Hall–Kier alpha value is -3.97. The standard InChI is InChI=1S/C17H9N9S/c18-8-12-2-1-10(9-20-12)15-16-22-17(23-26(16)6-5-19-15)21-11-3-4-13-14(7-11)25-27-24-13/h1-7,9H,(H,21,23). The highest BCUT2D eigenvalue weighted by atomic mass is 32.1. The highest BCUT2D eigenvalue weighted by molar-refractivity contribution is 7.00. The van der Waals surface area contributed by atoms with Crippen LogP contribution in [0.3, 0.4) is 0 Å². The van der Waals surface area contributed by atoms with Crippen molar-refractivity contribution in [3.63, 3.8) is 0 Å². The van der Waals surface area contributed by atoms with Crippen molar-refractivity contribution in [1.82, 2.24) is 33.3 Å². The molecule has 0 radical (unpaired) electrons. The van der Waals surface area contributed by atoms with Crippen LogP contribution in [-0.4, -0.2) is 33.3 Å². The van der Waals surface area contributed by atoms with E-state index in [0.29, 0.717) is 23.0 Å². The fourth-order valence-electron chi connectivity index (χ4n) is 2.66. The highest BCUT2D eigenvalue weighted by Gasteiger charge is 2.12. The first kappa shape index (κ1) is 15.3. The van der Waals surface area contributed by atoms with E-state index < -0.39 is 0 Å². The maximum Gasteiger partial charge on any atom is 0.247 e. The van der Waals surface area contributed by atoms with Crippen molar-refractivity contribution in [3.05, 3.63) is 54.6 Å². The lowest BCUT2D eigenvalue weighted by Gasteiger charge is -2.01. The summed E-state index contributed by atoms with van der Waals surface area (Å²) in [6.45, 7) is 0. The number of pyridine rings is 1. The fourth-order valence-corrected chi connectivity index (χ4v) is 3.18. The first-order valence-electron chi connectivity index (χ1n) is 7.87. The van der Waals surface area contributed by atoms with Gasteiger partial charge in [0.2, 0.25) is 5.95 Å². The molecule has 4 heterocycles. The molecule has 0 saturated carbocycles. The maximum absolute atomic E-state index is 8.90. The summed E-state index contributed by atoms with van der Waals surface area (Å²) in [6.07, 6.45) is 4.97. The van der Waals surface area contributed by atoms with E-state index in [1.54, 1.807) is 35.2 Å². The van der Waals surface area contributed by atoms with Crippen LogP contribution < -0.4 is 5.32 Å². The minimum absolute atomic E-state index is 0.349. The molecule has 0 aliphatic carbocycles. The molecule has 5 rings (SSSR count). The number of fused-ring (bicyclic) bond motifs is 2. The van der Waals surface area contributed by atoms with Crippen LogP contribution in [0.25, 0.3) is 27.9 Å². The van der Waals surface area contributed by atoms with E-state index in [0.717, 1.165) is 22.3 Å². The number of aromatic nitrogens is 7. The van der Waals surface area contributed by atoms with Gasteiger partial charge in [0.1, 0.15) is 28.5 Å². The number of hydrogen-bond acceptors (Lipinski definition) is 9. The van der Waals surface area contributed by atoms with Crippen molar-refractivity contribution in [2.75, 3.05) is 5.32 Å². The third-order valence-corrected chi connectivity index (χ3v) is 4.47. The smallest absolute Gasteiger partial charge is 0.247 e. The minimum atomic E-state index is 0.349. The number of rotatable bonds is 3. The second-order valence-electron chi connectivity index (χ2n) is 5.62. The van der Waals surface area contributed by atoms with Crippen molar-refractivity contribution >= 4 is 40.0 Å². The summed E-state index contributed by atoms with van der Waals surface area (Å²) in [5.74, 6) is 0.438. The lowest BCUT2D eigenvalue weighted by molar-refractivity contribution is 0.951. The topological polar surface area (TPSA) is 118 Å². The third kappa shape index (κ3) is 2.72. The van der Waals surface area contributed by atoms with Gasteiger partial charge in [-0.2, -0.15) is 19.0 Å². The predicted octanol–water partition coefficient (Wildman–Crippen LogP) is 2.81. The summed E-state index contributed by atoms with van der Waals surface area (Å²) in [5.41, 5.74) is 4.82. The summed E-state index contributed by atoms with van der Waals surface area (Å²) in [4.78, 5) is 13.0. The second-order valence-corrected chi connectivity index (χ2v) is 6.14. The van der Waals surface area contributed by atoms with Crippen molar-refractivity contribution < 1.29 is 0 Å². The Balaban J connectivity index is 1.53. The number of benzene rings is 1. The molecule has 128 valence electrons. The minimum Gasteiger partial charge on any atom is -0.323 e. The molecule has 27 heavy (non-hydrogen) atoms. The van der Waals surface area contributed by atoms with Crippen molar-refractivity contribution in [2.45, 2.75) is 0 Å². The molecule has 0 aliphatic heterocycles. The van der Waals surface area contributed by atoms with E-state index in [9.17, 15) is 0 Å². The first-order valence-corrected chi connectivity index (χ1v) is 8.60. The Kier molecular flexibility index (Phi) is 3.44. The summed E-state index contributed by atoms with van der Waals surface area (Å²) in [5, 5.41) is 16.5. The lowest BCUT2D eigenvalue weighted by atomic mass is 10.2. The molecule has 10 heteroatoms. The maximum atomic E-state index is 8.90. The van der Waals surface area contributed by atoms with Crippen molar-refractivity contribution in [1.29, 1.82) is 5.26 Å². The average molecular weight is 371 g/mol. The van der Waals surface area contributed by atoms with Gasteiger partial charge in [-0.05, 0) is 30.3 Å². The Morgan fingerprint density at radius 2 is 2.00 bits per heavy atom. The van der Waals surface area contributed by atoms with Gasteiger partial charge in [0.25, 0.3) is 0 Å². The molecule has 0 amide bonds. The largest absolute Gasteiger partial charge is 0.323 e. The van der Waals surface area contributed by atoms with Gasteiger partial charge in [0.05, 0.1) is 11.7 Å². The molecule has 1 aromatic carbocycles. The second kappa shape index (κ2) is 6.08. The zero-order valence-electron chi connectivity index (χ0n) is 13.6. The van der Waals surface area contributed by atoms with Gasteiger partial charge in [-0.25, -0.2) is 9.50 Å². The predicted molar refractivity (Wildman–Crippen MR) is 99.4 cm³/mol. The zero-order chi connectivity index (χ0) is 18.2. The lowest BCUT2D eigenvalue weighted by Crippen LogP contribution is -1.94. The number of nitriles is 1. The first-order chi connectivity index (χ1) is 13.3. The van der Waals surface area contributed by atoms with Crippen LogP contribution in [0, 0.1) is 11.3 Å². The fraction of sp³-hybridized carbons (Fsp3) is 0. The summed E-state index contributed by atoms with van der Waals surface area (Å²) >= 11 is 1.18. The number of nitrogens with zero attached hydrogens (tertiary/aromatic N) is 8. The SMILES string of the molecule is N#Cc1ccc(-c2nccn3nc(Nc4ccc5nsnc5c4)nc23)cn1. The monoisotopic (exact) mass is 371 g/mol. The highest BCUT2D eigenvalue weighted by Crippen LogP contribution is 2.23. The molecular formula is C17H9N9S. The molecular weight excluding hydrogens is 362 g/mol. The van der Waals surface area contributed by atoms with Gasteiger partial charge in [0, 0.05) is 29.8 Å². The quantitative estimate of drug-likeness (QED) is 0.514. The summed E-state index contributed by atoms with van der Waals surface area (Å²) < 4.78 is 10.1. The summed E-state index contributed by atoms with van der Waals surface area (Å²) in [7, 11) is 0. The van der Waals surface area contributed by atoms with E-state index in [1.807, 2.05) is 24.3 Å². The Morgan fingerprint density at radius 3 is 2.85 bits per heavy atom. The zero-order valence-corrected chi connectivity index (χ0v) is 14.4. The van der Waals surface area contributed by atoms with E-state index in [-0.39, 0.29) is 0 Å². The van der Waals surface area contributed by atoms with Gasteiger partial charge in [0.15, 0.2) is 5.65 Å². The van der Waals surface area contributed by atoms with Crippen LogP contribution >= 0.6 is 11.7 Å². The molecule has 0 bridgehead atoms. The van der Waals surface area contributed by atoms with Gasteiger partial charge in [-0.15, -0.1) is 5.10 Å². The van der Waals surface area contributed by atoms with E-state index in [2.05, 4.69) is 34.1 Å². The molecule has 0 saturated heterocycles. The molecule has 0 fully saturated rings. The van der Waals surface area contributed by atoms with E-state index in [4.69, 9.17) is 5.26 Å². The molecule has 0 unspecified atom stereocenters. The molecule has 0 atom stereocenters. The van der Waals surface area contributed by atoms with Crippen LogP contribution in [0.4, 0.5) is 11.6 Å². The van der Waals surface area contributed by atoms with Crippen molar-refractivity contribution in [2.24, 2.45) is 0 Å². The van der Waals surface area contributed by atoms with Crippen molar-refractivity contribution in [3.8, 4) is 17.3 Å². The number of nitrogens with one attached hydrogen (secondary N) is 1. The molecule has 1 N–H and O–H groups in total. The molecule has 0 aliphatic rings. The van der Waals surface area contributed by atoms with Crippen LogP contribution in [0.5, 0.6) is 0 Å². The van der Waals surface area contributed by atoms with E-state index in [1.165, 1.54) is 11.7 Å². The Morgan fingerprint density at radius 1 is 1.07 bits per heavy atom. The molecule has 4 aromatic heterocycles. The average Bonchev–Trinajstić information content (AvgIpc) is 3.33. The van der Waals surface area contributed by atoms with Gasteiger partial charge >= 0.3 is 0 Å². The third-order valence-electron chi connectivity index (χ3n) is 3.92. The normalized spacial score (nSPS) is 10.9. The Labute approximate surface area is 156 Å². The van der Waals surface area contributed by atoms with Crippen LogP contribution in [0.15, 0.2) is 48.9 Å². The number of anilines is 2. The molecule has 0 spiro atoms. The Bertz CT molecular complexity index is 1310. The van der Waals surface area contributed by atoms with Crippen LogP contribution in [-0.2, 0) is 0 Å². The molecule has 9 nitrogen and oxygen atoms in total. The van der Waals surface area contributed by atoms with Gasteiger partial charge < -0.3 is 5.32 Å². The molecule has 5 aromatic rings.